The number of amides is 2. The smallest absolute Gasteiger partial charge is 0.305 e. The van der Waals surface area contributed by atoms with Crippen LogP contribution in [-0.4, -0.2) is 27.2 Å². The number of thiazole rings is 1. The van der Waals surface area contributed by atoms with E-state index in [0.717, 1.165) is 21.9 Å². The molecule has 0 spiro atoms. The molecule has 8 heteroatoms. The van der Waals surface area contributed by atoms with Crippen LogP contribution in [0.1, 0.15) is 22.8 Å². The number of phenolic OH excluding ortho intramolecular Hbond substituents is 1. The van der Waals surface area contributed by atoms with E-state index in [2.05, 4.69) is 4.98 Å². The highest BCUT2D eigenvalue weighted by Crippen LogP contribution is 2.68. The maximum Gasteiger partial charge on any atom is 0.305 e. The topological polar surface area (TPSA) is 90.5 Å². The number of thioether (sulfide) groups is 1. The number of aromatic nitrogens is 1. The van der Waals surface area contributed by atoms with Crippen molar-refractivity contribution in [1.29, 1.82) is 0 Å². The molecule has 1 aromatic heterocycles. The summed E-state index contributed by atoms with van der Waals surface area (Å²) in [5, 5.41) is 10.9. The Kier molecular flexibility index (Phi) is 4.06. The molecular weight excluding hydrogens is 456 g/mol. The summed E-state index contributed by atoms with van der Waals surface area (Å²) in [5.74, 6) is -0.213. The first-order valence-corrected chi connectivity index (χ1v) is 12.8. The molecule has 0 radical (unpaired) electrons. The molecule has 0 unspecified atom stereocenters. The van der Waals surface area contributed by atoms with Crippen LogP contribution < -0.4 is 9.77 Å². The number of rotatable bonds is 2. The molecular formula is C25H20N2O4S2. The Morgan fingerprint density at radius 2 is 1.61 bits per heavy atom. The molecule has 2 N–H and O–H groups in total. The number of phenols is 1. The number of aromatic amines is 1. The molecule has 3 heterocycles. The Bertz CT molecular complexity index is 1350. The Labute approximate surface area is 197 Å². The molecule has 6 nitrogen and oxygen atoms in total. The molecule has 33 heavy (non-hydrogen) atoms. The van der Waals surface area contributed by atoms with Crippen molar-refractivity contribution in [3.05, 3.63) is 74.7 Å². The number of imide groups is 1. The van der Waals surface area contributed by atoms with Crippen LogP contribution in [0.4, 0.5) is 5.69 Å². The third kappa shape index (κ3) is 2.59. The first-order valence-electron chi connectivity index (χ1n) is 11.1. The Balaban J connectivity index is 1.34. The van der Waals surface area contributed by atoms with Gasteiger partial charge in [-0.3, -0.25) is 19.3 Å². The number of para-hydroxylation sites is 1. The van der Waals surface area contributed by atoms with Gasteiger partial charge in [0.05, 0.1) is 22.5 Å². The molecule has 2 aliphatic heterocycles. The number of fused-ring (bicyclic) bond motifs is 9. The van der Waals surface area contributed by atoms with Gasteiger partial charge in [0.15, 0.2) is 0 Å². The first kappa shape index (κ1) is 19.6. The van der Waals surface area contributed by atoms with Crippen molar-refractivity contribution in [2.75, 3.05) is 4.90 Å². The minimum atomic E-state index is -0.304. The van der Waals surface area contributed by atoms with Gasteiger partial charge in [-0.25, -0.2) is 0 Å². The summed E-state index contributed by atoms with van der Waals surface area (Å²) in [6.07, 6.45) is 0.867. The van der Waals surface area contributed by atoms with Crippen LogP contribution in [0.25, 0.3) is 0 Å². The molecule has 7 rings (SSSR count). The molecule has 2 bridgehead atoms. The number of hydrogen-bond donors (Lipinski definition) is 2. The second kappa shape index (κ2) is 6.84. The maximum atomic E-state index is 13.6. The summed E-state index contributed by atoms with van der Waals surface area (Å²) in [4.78, 5) is 44.8. The van der Waals surface area contributed by atoms with Gasteiger partial charge >= 0.3 is 4.87 Å². The van der Waals surface area contributed by atoms with Crippen LogP contribution in [0.2, 0.25) is 0 Å². The predicted octanol–water partition coefficient (Wildman–Crippen LogP) is 3.82. The lowest BCUT2D eigenvalue weighted by atomic mass is 9.68. The van der Waals surface area contributed by atoms with Crippen LogP contribution in [0.15, 0.2) is 64.4 Å². The highest BCUT2D eigenvalue weighted by molar-refractivity contribution is 8.00. The molecule has 7 atom stereocenters. The number of carbonyl (C=O) groups is 2. The third-order valence-corrected chi connectivity index (χ3v) is 10.6. The number of carbonyl (C=O) groups excluding carboxylic acids is 2. The number of nitrogens with one attached hydrogen (secondary N) is 1. The lowest BCUT2D eigenvalue weighted by molar-refractivity contribution is -0.123. The van der Waals surface area contributed by atoms with Crippen molar-refractivity contribution >= 4 is 40.6 Å². The quantitative estimate of drug-likeness (QED) is 0.549. The van der Waals surface area contributed by atoms with Gasteiger partial charge in [0.1, 0.15) is 5.75 Å². The number of hydrogen-bond acceptors (Lipinski definition) is 6. The van der Waals surface area contributed by atoms with E-state index in [0.29, 0.717) is 5.69 Å². The molecule has 2 aromatic carbocycles. The van der Waals surface area contributed by atoms with E-state index in [1.165, 1.54) is 16.2 Å². The van der Waals surface area contributed by atoms with E-state index in [1.54, 1.807) is 23.9 Å². The van der Waals surface area contributed by atoms with Gasteiger partial charge in [0.25, 0.3) is 0 Å². The van der Waals surface area contributed by atoms with E-state index >= 15 is 0 Å². The Morgan fingerprint density at radius 1 is 0.909 bits per heavy atom. The average Bonchev–Trinajstić information content (AvgIpc) is 3.54. The van der Waals surface area contributed by atoms with Crippen molar-refractivity contribution in [2.24, 2.45) is 29.6 Å². The first-order chi connectivity index (χ1) is 16.0. The summed E-state index contributed by atoms with van der Waals surface area (Å²) in [5.41, 5.74) is 1.69. The standard InChI is InChI=1S/C25H20N2O4S2/c28-13-8-6-11(7-9-13)16-17-14-10-15(20(17)32-22-21(16)33-25(31)26-22)19-18(14)23(29)27(24(19)30)12-4-2-1-3-5-12/h1-9,14-20,28H,10H2,(H,26,31)/t14-,15+,16+,17+,18+,19+,20-/m1/s1. The Hall–Kier alpha value is -2.84. The van der Waals surface area contributed by atoms with Crippen molar-refractivity contribution in [1.82, 2.24) is 4.98 Å². The summed E-state index contributed by atoms with van der Waals surface area (Å²) >= 11 is 2.93. The van der Waals surface area contributed by atoms with Crippen LogP contribution in [0.5, 0.6) is 5.75 Å². The number of nitrogens with zero attached hydrogens (tertiary/aromatic N) is 1. The second-order valence-electron chi connectivity index (χ2n) is 9.40. The van der Waals surface area contributed by atoms with Gasteiger partial charge in [0.2, 0.25) is 11.8 Å². The van der Waals surface area contributed by atoms with Gasteiger partial charge in [-0.15, -0.1) is 11.8 Å². The van der Waals surface area contributed by atoms with Crippen LogP contribution in [0, 0.1) is 29.6 Å². The zero-order chi connectivity index (χ0) is 22.4. The van der Waals surface area contributed by atoms with Crippen LogP contribution >= 0.6 is 23.1 Å². The van der Waals surface area contributed by atoms with E-state index in [-0.39, 0.29) is 63.2 Å². The lowest BCUT2D eigenvalue weighted by Gasteiger charge is -2.43. The van der Waals surface area contributed by atoms with Gasteiger partial charge in [-0.05, 0) is 54.0 Å². The predicted molar refractivity (Wildman–Crippen MR) is 126 cm³/mol. The summed E-state index contributed by atoms with van der Waals surface area (Å²) in [7, 11) is 0. The second-order valence-corrected chi connectivity index (χ2v) is 11.6. The highest BCUT2D eigenvalue weighted by atomic mass is 32.2. The van der Waals surface area contributed by atoms with E-state index in [4.69, 9.17) is 0 Å². The van der Waals surface area contributed by atoms with Crippen molar-refractivity contribution in [3.8, 4) is 5.75 Å². The van der Waals surface area contributed by atoms with Gasteiger partial charge in [-0.1, -0.05) is 41.7 Å². The fourth-order valence-corrected chi connectivity index (χ4v) is 9.79. The molecule has 2 amide bonds. The summed E-state index contributed by atoms with van der Waals surface area (Å²) in [6, 6.07) is 16.4. The van der Waals surface area contributed by atoms with Crippen molar-refractivity contribution < 1.29 is 14.7 Å². The van der Waals surface area contributed by atoms with Crippen molar-refractivity contribution in [3.63, 3.8) is 0 Å². The normalized spacial score (nSPS) is 33.8. The largest absolute Gasteiger partial charge is 0.508 e. The van der Waals surface area contributed by atoms with Crippen LogP contribution in [0.3, 0.4) is 0 Å². The van der Waals surface area contributed by atoms with Gasteiger partial charge in [-0.2, -0.15) is 0 Å². The molecule has 1 saturated heterocycles. The third-order valence-electron chi connectivity index (χ3n) is 7.99. The molecule has 2 aliphatic carbocycles. The monoisotopic (exact) mass is 476 g/mol. The molecule has 4 aliphatic rings. The summed E-state index contributed by atoms with van der Waals surface area (Å²) in [6.45, 7) is 0. The van der Waals surface area contributed by atoms with E-state index in [9.17, 15) is 19.5 Å². The zero-order valence-corrected chi connectivity index (χ0v) is 19.0. The number of aromatic hydroxyl groups is 1. The minimum Gasteiger partial charge on any atom is -0.508 e. The fourth-order valence-electron chi connectivity index (χ4n) is 6.90. The van der Waals surface area contributed by atoms with E-state index < -0.39 is 0 Å². The molecule has 166 valence electrons. The number of benzene rings is 2. The lowest BCUT2D eigenvalue weighted by Crippen LogP contribution is -2.42. The fraction of sp³-hybridized carbons (Fsp3) is 0.320. The summed E-state index contributed by atoms with van der Waals surface area (Å²) < 4.78 is 0. The molecule has 3 fully saturated rings. The number of H-pyrrole nitrogens is 1. The van der Waals surface area contributed by atoms with Gasteiger partial charge in [0, 0.05) is 16.0 Å². The van der Waals surface area contributed by atoms with E-state index in [1.807, 2.05) is 42.5 Å². The Morgan fingerprint density at radius 3 is 2.33 bits per heavy atom. The zero-order valence-electron chi connectivity index (χ0n) is 17.4. The average molecular weight is 477 g/mol. The minimum absolute atomic E-state index is 0.0274. The number of anilines is 1. The van der Waals surface area contributed by atoms with Crippen molar-refractivity contribution in [2.45, 2.75) is 22.6 Å². The molecule has 3 aromatic rings. The SMILES string of the molecule is O=C1[C@H]2[C@@H]3C[C@@H]([C@@H]2C(=O)N1c1ccccc1)[C@H]1[C@H](c2ccc(O)cc2)c2sc(=O)[nH]c2S[C@H]31. The highest BCUT2D eigenvalue weighted by Gasteiger charge is 2.69. The molecule has 2 saturated carbocycles. The maximum absolute atomic E-state index is 13.6. The van der Waals surface area contributed by atoms with Gasteiger partial charge < -0.3 is 10.1 Å². The van der Waals surface area contributed by atoms with Crippen LogP contribution in [-0.2, 0) is 9.59 Å².